The molecule has 0 aromatic rings. The van der Waals surface area contributed by atoms with Gasteiger partial charge >= 0.3 is 0 Å². The Bertz CT molecular complexity index is 159. The average molecular weight is 146 g/mol. The fraction of sp³-hybridized carbons (Fsp3) is 0.500. The van der Waals surface area contributed by atoms with E-state index < -0.39 is 0 Å². The van der Waals surface area contributed by atoms with Gasteiger partial charge in [0.1, 0.15) is 5.25 Å². The van der Waals surface area contributed by atoms with Crippen LogP contribution in [0, 0.1) is 0 Å². The van der Waals surface area contributed by atoms with Crippen LogP contribution in [0.2, 0.25) is 0 Å². The zero-order chi connectivity index (χ0) is 6.85. The van der Waals surface area contributed by atoms with Gasteiger partial charge in [-0.05, 0) is 11.8 Å². The highest BCUT2D eigenvalue weighted by molar-refractivity contribution is 8.15. The Morgan fingerprint density at radius 1 is 1.67 bits per heavy atom. The Balaban J connectivity index is 2.58. The lowest BCUT2D eigenvalue weighted by Gasteiger charge is -1.95. The molecule has 0 saturated carbocycles. The minimum Gasteiger partial charge on any atom is -0.329 e. The van der Waals surface area contributed by atoms with Gasteiger partial charge in [0.25, 0.3) is 5.24 Å². The zero-order valence-electron chi connectivity index (χ0n) is 4.59. The predicted octanol–water partition coefficient (Wildman–Crippen LogP) is -0.703. The molecule has 0 bridgehead atoms. The van der Waals surface area contributed by atoms with E-state index >= 15 is 0 Å². The van der Waals surface area contributed by atoms with E-state index in [2.05, 4.69) is 5.32 Å². The van der Waals surface area contributed by atoms with Crippen molar-refractivity contribution in [3.05, 3.63) is 0 Å². The van der Waals surface area contributed by atoms with Crippen molar-refractivity contribution in [2.45, 2.75) is 5.25 Å². The predicted molar refractivity (Wildman–Crippen MR) is 34.0 cm³/mol. The first kappa shape index (κ1) is 6.57. The van der Waals surface area contributed by atoms with Crippen LogP contribution in [0.4, 0.5) is 4.79 Å². The molecular weight excluding hydrogens is 140 g/mol. The molecule has 1 aliphatic rings. The van der Waals surface area contributed by atoms with Crippen LogP contribution in [-0.4, -0.2) is 22.9 Å². The molecular formula is C4H6N2O2S. The van der Waals surface area contributed by atoms with E-state index in [1.807, 2.05) is 0 Å². The molecule has 0 aromatic heterocycles. The van der Waals surface area contributed by atoms with Gasteiger partial charge < -0.3 is 5.73 Å². The lowest BCUT2D eigenvalue weighted by atomic mass is 10.4. The van der Waals surface area contributed by atoms with Gasteiger partial charge in [0.15, 0.2) is 0 Å². The Labute approximate surface area is 56.2 Å². The van der Waals surface area contributed by atoms with Crippen molar-refractivity contribution in [2.75, 3.05) is 6.54 Å². The molecule has 5 heteroatoms. The molecule has 50 valence electrons. The molecule has 0 spiro atoms. The first-order valence-electron chi connectivity index (χ1n) is 2.45. The molecule has 9 heavy (non-hydrogen) atoms. The number of nitrogens with one attached hydrogen (secondary N) is 1. The molecule has 1 atom stereocenters. The lowest BCUT2D eigenvalue weighted by molar-refractivity contribution is -0.118. The molecule has 0 aromatic carbocycles. The Hall–Kier alpha value is -0.550. The fourth-order valence-corrected chi connectivity index (χ4v) is 1.23. The van der Waals surface area contributed by atoms with E-state index in [4.69, 9.17) is 5.73 Å². The van der Waals surface area contributed by atoms with Gasteiger partial charge in [0, 0.05) is 6.54 Å². The largest absolute Gasteiger partial charge is 0.329 e. The van der Waals surface area contributed by atoms with E-state index in [1.54, 1.807) is 0 Å². The van der Waals surface area contributed by atoms with Crippen LogP contribution in [-0.2, 0) is 4.79 Å². The molecule has 1 rings (SSSR count). The van der Waals surface area contributed by atoms with Crippen LogP contribution in [0.25, 0.3) is 0 Å². The Morgan fingerprint density at radius 3 is 2.56 bits per heavy atom. The molecule has 1 fully saturated rings. The van der Waals surface area contributed by atoms with Gasteiger partial charge in [0.2, 0.25) is 5.91 Å². The van der Waals surface area contributed by atoms with Gasteiger partial charge in [-0.25, -0.2) is 0 Å². The maximum Gasteiger partial charge on any atom is 0.286 e. The molecule has 0 aliphatic carbocycles. The second-order valence-electron chi connectivity index (χ2n) is 1.62. The molecule has 1 heterocycles. The normalized spacial score (nSPS) is 26.6. The first-order chi connectivity index (χ1) is 4.24. The smallest absolute Gasteiger partial charge is 0.286 e. The highest BCUT2D eigenvalue weighted by Gasteiger charge is 2.29. The molecule has 4 nitrogen and oxygen atoms in total. The summed E-state index contributed by atoms with van der Waals surface area (Å²) in [5.74, 6) is -0.271. The van der Waals surface area contributed by atoms with Crippen molar-refractivity contribution in [1.82, 2.24) is 5.32 Å². The highest BCUT2D eigenvalue weighted by Crippen LogP contribution is 2.16. The number of hydrogen-bond donors (Lipinski definition) is 2. The topological polar surface area (TPSA) is 72.2 Å². The molecule has 0 radical (unpaired) electrons. The fourth-order valence-electron chi connectivity index (χ4n) is 0.548. The third kappa shape index (κ3) is 1.22. The third-order valence-corrected chi connectivity index (χ3v) is 1.99. The highest BCUT2D eigenvalue weighted by atomic mass is 32.2. The number of carbonyl (C=O) groups excluding carboxylic acids is 2. The van der Waals surface area contributed by atoms with E-state index in [-0.39, 0.29) is 22.9 Å². The third-order valence-electron chi connectivity index (χ3n) is 0.981. The maximum atomic E-state index is 10.6. The SMILES string of the molecule is NCC1SC(=O)NC1=O. The van der Waals surface area contributed by atoms with Crippen molar-refractivity contribution in [3.63, 3.8) is 0 Å². The second-order valence-corrected chi connectivity index (χ2v) is 2.79. The van der Waals surface area contributed by atoms with Crippen molar-refractivity contribution < 1.29 is 9.59 Å². The van der Waals surface area contributed by atoms with E-state index in [9.17, 15) is 9.59 Å². The quantitative estimate of drug-likeness (QED) is 0.513. The summed E-state index contributed by atoms with van der Waals surface area (Å²) in [6.45, 7) is 0.224. The Kier molecular flexibility index (Phi) is 1.73. The number of amides is 2. The summed E-state index contributed by atoms with van der Waals surface area (Å²) in [7, 11) is 0. The van der Waals surface area contributed by atoms with Gasteiger partial charge in [0.05, 0.1) is 0 Å². The number of hydrogen-bond acceptors (Lipinski definition) is 4. The van der Waals surface area contributed by atoms with Crippen LogP contribution in [0.1, 0.15) is 0 Å². The van der Waals surface area contributed by atoms with Gasteiger partial charge in [-0.15, -0.1) is 0 Å². The Morgan fingerprint density at radius 2 is 2.33 bits per heavy atom. The van der Waals surface area contributed by atoms with Gasteiger partial charge in [-0.1, -0.05) is 0 Å². The van der Waals surface area contributed by atoms with Gasteiger partial charge in [-0.2, -0.15) is 0 Å². The number of nitrogens with two attached hydrogens (primary N) is 1. The van der Waals surface area contributed by atoms with E-state index in [0.29, 0.717) is 0 Å². The van der Waals surface area contributed by atoms with Crippen LogP contribution in [0.5, 0.6) is 0 Å². The lowest BCUT2D eigenvalue weighted by Crippen LogP contribution is -2.29. The summed E-state index contributed by atoms with van der Waals surface area (Å²) in [6.07, 6.45) is 0. The second kappa shape index (κ2) is 2.36. The number of rotatable bonds is 1. The van der Waals surface area contributed by atoms with E-state index in [0.717, 1.165) is 11.8 Å². The minimum atomic E-state index is -0.363. The summed E-state index contributed by atoms with van der Waals surface area (Å²) in [4.78, 5) is 21.0. The number of carbonyl (C=O) groups is 2. The molecule has 1 saturated heterocycles. The summed E-state index contributed by atoms with van der Waals surface area (Å²) in [6, 6.07) is 0. The summed E-state index contributed by atoms with van der Waals surface area (Å²) < 4.78 is 0. The standard InChI is InChI=1S/C4H6N2O2S/c5-1-2-3(7)6-4(8)9-2/h2H,1,5H2,(H,6,7,8). The summed E-state index contributed by atoms with van der Waals surface area (Å²) in [5.41, 5.74) is 5.15. The van der Waals surface area contributed by atoms with Crippen molar-refractivity contribution in [2.24, 2.45) is 5.73 Å². The van der Waals surface area contributed by atoms with Crippen molar-refractivity contribution in [3.8, 4) is 0 Å². The van der Waals surface area contributed by atoms with Crippen LogP contribution in [0.3, 0.4) is 0 Å². The number of thioether (sulfide) groups is 1. The number of imide groups is 1. The maximum absolute atomic E-state index is 10.6. The molecule has 1 unspecified atom stereocenters. The molecule has 2 amide bonds. The van der Waals surface area contributed by atoms with Crippen LogP contribution < -0.4 is 11.1 Å². The average Bonchev–Trinajstić information content (AvgIpc) is 2.10. The van der Waals surface area contributed by atoms with Crippen LogP contribution >= 0.6 is 11.8 Å². The molecule has 1 aliphatic heterocycles. The summed E-state index contributed by atoms with van der Waals surface area (Å²) in [5, 5.41) is 1.46. The van der Waals surface area contributed by atoms with E-state index in [1.165, 1.54) is 0 Å². The van der Waals surface area contributed by atoms with Crippen molar-refractivity contribution in [1.29, 1.82) is 0 Å². The zero-order valence-corrected chi connectivity index (χ0v) is 5.40. The minimum absolute atomic E-state index is 0.224. The molecule has 3 N–H and O–H groups in total. The van der Waals surface area contributed by atoms with Crippen LogP contribution in [0.15, 0.2) is 0 Å². The van der Waals surface area contributed by atoms with Crippen molar-refractivity contribution >= 4 is 22.9 Å². The van der Waals surface area contributed by atoms with Gasteiger partial charge in [-0.3, -0.25) is 14.9 Å². The monoisotopic (exact) mass is 146 g/mol. The first-order valence-corrected chi connectivity index (χ1v) is 3.33. The summed E-state index contributed by atoms with van der Waals surface area (Å²) >= 11 is 0.949.